The van der Waals surface area contributed by atoms with Gasteiger partial charge in [-0.1, -0.05) is 6.07 Å². The number of hydrogen-bond acceptors (Lipinski definition) is 4. The molecule has 2 heterocycles. The van der Waals surface area contributed by atoms with E-state index < -0.39 is 0 Å². The first-order valence-corrected chi connectivity index (χ1v) is 8.26. The van der Waals surface area contributed by atoms with Crippen molar-refractivity contribution >= 4 is 27.3 Å². The van der Waals surface area contributed by atoms with Gasteiger partial charge < -0.3 is 14.8 Å². The predicted octanol–water partition coefficient (Wildman–Crippen LogP) is 4.13. The SMILES string of the molecule is C[C@@H](NCc1cc(Br)c2c(c1)OCCO2)c1cccs1. The van der Waals surface area contributed by atoms with Gasteiger partial charge in [-0.2, -0.15) is 0 Å². The molecular weight excluding hydrogens is 338 g/mol. The van der Waals surface area contributed by atoms with E-state index in [1.165, 1.54) is 10.4 Å². The van der Waals surface area contributed by atoms with E-state index in [0.29, 0.717) is 19.3 Å². The van der Waals surface area contributed by atoms with Crippen molar-refractivity contribution in [2.45, 2.75) is 19.5 Å². The molecule has 0 aliphatic carbocycles. The second-order valence-corrected chi connectivity index (χ2v) is 6.55. The van der Waals surface area contributed by atoms with E-state index in [1.807, 2.05) is 6.07 Å². The highest BCUT2D eigenvalue weighted by atomic mass is 79.9. The fraction of sp³-hybridized carbons (Fsp3) is 0.333. The molecule has 0 fully saturated rings. The molecule has 3 rings (SSSR count). The van der Waals surface area contributed by atoms with Crippen LogP contribution in [0.1, 0.15) is 23.4 Å². The molecule has 0 saturated carbocycles. The first-order chi connectivity index (χ1) is 9.74. The number of rotatable bonds is 4. The minimum Gasteiger partial charge on any atom is -0.486 e. The van der Waals surface area contributed by atoms with Gasteiger partial charge in [-0.3, -0.25) is 0 Å². The standard InChI is InChI=1S/C15H16BrNO2S/c1-10(14-3-2-6-20-14)17-9-11-7-12(16)15-13(8-11)18-4-5-19-15/h2-3,6-8,10,17H,4-5,9H2,1H3/t10-/m1/s1. The molecule has 0 bridgehead atoms. The highest BCUT2D eigenvalue weighted by Gasteiger charge is 2.16. The van der Waals surface area contributed by atoms with Gasteiger partial charge in [0.2, 0.25) is 0 Å². The van der Waals surface area contributed by atoms with Crippen molar-refractivity contribution in [2.75, 3.05) is 13.2 Å². The fourth-order valence-electron chi connectivity index (χ4n) is 2.18. The summed E-state index contributed by atoms with van der Waals surface area (Å²) in [6, 6.07) is 8.72. The minimum atomic E-state index is 0.349. The predicted molar refractivity (Wildman–Crippen MR) is 84.7 cm³/mol. The van der Waals surface area contributed by atoms with Gasteiger partial charge in [0.1, 0.15) is 13.2 Å². The summed E-state index contributed by atoms with van der Waals surface area (Å²) < 4.78 is 12.2. The number of halogens is 1. The smallest absolute Gasteiger partial charge is 0.175 e. The summed E-state index contributed by atoms with van der Waals surface area (Å²) >= 11 is 5.32. The molecule has 1 N–H and O–H groups in total. The van der Waals surface area contributed by atoms with Crippen LogP contribution < -0.4 is 14.8 Å². The Morgan fingerprint density at radius 2 is 2.20 bits per heavy atom. The van der Waals surface area contributed by atoms with E-state index in [4.69, 9.17) is 9.47 Å². The molecule has 1 aliphatic heterocycles. The van der Waals surface area contributed by atoms with E-state index >= 15 is 0 Å². The van der Waals surface area contributed by atoms with E-state index in [9.17, 15) is 0 Å². The minimum absolute atomic E-state index is 0.349. The van der Waals surface area contributed by atoms with Crippen LogP contribution >= 0.6 is 27.3 Å². The second kappa shape index (κ2) is 6.16. The van der Waals surface area contributed by atoms with Gasteiger partial charge in [-0.05, 0) is 52.0 Å². The summed E-state index contributed by atoms with van der Waals surface area (Å²) in [6.07, 6.45) is 0. The summed E-state index contributed by atoms with van der Waals surface area (Å²) in [5.74, 6) is 1.64. The Bertz CT molecular complexity index is 586. The normalized spacial score (nSPS) is 15.1. The molecule has 2 aromatic rings. The molecule has 1 aliphatic rings. The van der Waals surface area contributed by atoms with Gasteiger partial charge in [0.25, 0.3) is 0 Å². The Kier molecular flexibility index (Phi) is 4.29. The zero-order chi connectivity index (χ0) is 13.9. The van der Waals surface area contributed by atoms with Gasteiger partial charge >= 0.3 is 0 Å². The Morgan fingerprint density at radius 3 is 3.00 bits per heavy atom. The third kappa shape index (κ3) is 3.00. The second-order valence-electron chi connectivity index (χ2n) is 4.72. The summed E-state index contributed by atoms with van der Waals surface area (Å²) in [6.45, 7) is 4.20. The zero-order valence-electron chi connectivity index (χ0n) is 11.2. The van der Waals surface area contributed by atoms with Gasteiger partial charge in [-0.15, -0.1) is 11.3 Å². The highest BCUT2D eigenvalue weighted by Crippen LogP contribution is 2.38. The molecule has 0 radical (unpaired) electrons. The maximum atomic E-state index is 5.64. The van der Waals surface area contributed by atoms with Crippen molar-refractivity contribution in [3.8, 4) is 11.5 Å². The number of hydrogen-bond donors (Lipinski definition) is 1. The summed E-state index contributed by atoms with van der Waals surface area (Å²) in [5.41, 5.74) is 1.18. The van der Waals surface area contributed by atoms with Crippen LogP contribution in [0.25, 0.3) is 0 Å². The lowest BCUT2D eigenvalue weighted by Crippen LogP contribution is -2.19. The van der Waals surface area contributed by atoms with Crippen LogP contribution in [0, 0.1) is 0 Å². The lowest BCUT2D eigenvalue weighted by Gasteiger charge is -2.21. The molecule has 0 unspecified atom stereocenters. The Morgan fingerprint density at radius 1 is 1.35 bits per heavy atom. The van der Waals surface area contributed by atoms with E-state index in [0.717, 1.165) is 22.5 Å². The largest absolute Gasteiger partial charge is 0.486 e. The topological polar surface area (TPSA) is 30.5 Å². The van der Waals surface area contributed by atoms with Crippen LogP contribution in [0.3, 0.4) is 0 Å². The number of thiophene rings is 1. The highest BCUT2D eigenvalue weighted by molar-refractivity contribution is 9.10. The molecule has 1 aromatic heterocycles. The number of nitrogens with one attached hydrogen (secondary N) is 1. The lowest BCUT2D eigenvalue weighted by atomic mass is 10.1. The summed E-state index contributed by atoms with van der Waals surface area (Å²) in [4.78, 5) is 1.35. The van der Waals surface area contributed by atoms with Crippen LogP contribution in [0.2, 0.25) is 0 Å². The van der Waals surface area contributed by atoms with Crippen LogP contribution in [-0.2, 0) is 6.54 Å². The summed E-state index contributed by atoms with van der Waals surface area (Å²) in [5, 5.41) is 5.63. The molecule has 0 amide bonds. The molecular formula is C15H16BrNO2S. The van der Waals surface area contributed by atoms with Crippen molar-refractivity contribution in [1.82, 2.24) is 5.32 Å². The zero-order valence-corrected chi connectivity index (χ0v) is 13.6. The van der Waals surface area contributed by atoms with Gasteiger partial charge in [0.15, 0.2) is 11.5 Å². The molecule has 0 saturated heterocycles. The van der Waals surface area contributed by atoms with Crippen molar-refractivity contribution < 1.29 is 9.47 Å². The van der Waals surface area contributed by atoms with Crippen molar-refractivity contribution in [3.63, 3.8) is 0 Å². The van der Waals surface area contributed by atoms with Crippen LogP contribution in [0.5, 0.6) is 11.5 Å². The maximum absolute atomic E-state index is 5.64. The quantitative estimate of drug-likeness (QED) is 0.896. The third-order valence-electron chi connectivity index (χ3n) is 3.24. The molecule has 20 heavy (non-hydrogen) atoms. The van der Waals surface area contributed by atoms with Gasteiger partial charge in [0.05, 0.1) is 4.47 Å². The van der Waals surface area contributed by atoms with Crippen LogP contribution in [0.15, 0.2) is 34.1 Å². The average molecular weight is 354 g/mol. The molecule has 1 aromatic carbocycles. The lowest BCUT2D eigenvalue weighted by molar-refractivity contribution is 0.170. The first-order valence-electron chi connectivity index (χ1n) is 6.59. The van der Waals surface area contributed by atoms with Crippen molar-refractivity contribution in [1.29, 1.82) is 0 Å². The number of fused-ring (bicyclic) bond motifs is 1. The Balaban J connectivity index is 1.70. The molecule has 5 heteroatoms. The third-order valence-corrected chi connectivity index (χ3v) is 4.88. The fourth-order valence-corrected chi connectivity index (χ4v) is 3.54. The molecule has 3 nitrogen and oxygen atoms in total. The molecule has 0 spiro atoms. The van der Waals surface area contributed by atoms with Crippen molar-refractivity contribution in [2.24, 2.45) is 0 Å². The number of benzene rings is 1. The van der Waals surface area contributed by atoms with Gasteiger partial charge in [0, 0.05) is 17.5 Å². The van der Waals surface area contributed by atoms with Crippen LogP contribution in [-0.4, -0.2) is 13.2 Å². The van der Waals surface area contributed by atoms with E-state index in [2.05, 4.69) is 51.7 Å². The average Bonchev–Trinajstić information content (AvgIpc) is 2.99. The maximum Gasteiger partial charge on any atom is 0.175 e. The summed E-state index contributed by atoms with van der Waals surface area (Å²) in [7, 11) is 0. The molecule has 106 valence electrons. The monoisotopic (exact) mass is 353 g/mol. The van der Waals surface area contributed by atoms with E-state index in [1.54, 1.807) is 11.3 Å². The van der Waals surface area contributed by atoms with Crippen LogP contribution in [0.4, 0.5) is 0 Å². The Hall–Kier alpha value is -1.04. The van der Waals surface area contributed by atoms with Gasteiger partial charge in [-0.25, -0.2) is 0 Å². The van der Waals surface area contributed by atoms with Crippen molar-refractivity contribution in [3.05, 3.63) is 44.6 Å². The number of ether oxygens (including phenoxy) is 2. The first kappa shape index (κ1) is 13.9. The Labute approximate surface area is 131 Å². The van der Waals surface area contributed by atoms with E-state index in [-0.39, 0.29) is 0 Å². The molecule has 1 atom stereocenters.